The number of hydrogen-bond acceptors (Lipinski definition) is 3. The summed E-state index contributed by atoms with van der Waals surface area (Å²) < 4.78 is 1.47. The maximum absolute atomic E-state index is 11.6. The predicted octanol–water partition coefficient (Wildman–Crippen LogP) is 0.718. The highest BCUT2D eigenvalue weighted by atomic mass is 79.9. The molecule has 0 aliphatic carbocycles. The Kier molecular flexibility index (Phi) is 2.95. The third kappa shape index (κ3) is 1.71. The highest BCUT2D eigenvalue weighted by Crippen LogP contribution is 2.07. The Morgan fingerprint density at radius 1 is 1.38 bits per heavy atom. The number of aryl methyl sites for hydroxylation is 1. The van der Waals surface area contributed by atoms with Crippen molar-refractivity contribution in [2.24, 2.45) is 0 Å². The summed E-state index contributed by atoms with van der Waals surface area (Å²) in [6.45, 7) is 2.50. The van der Waals surface area contributed by atoms with Crippen LogP contribution in [0.5, 0.6) is 0 Å². The van der Waals surface area contributed by atoms with Gasteiger partial charge in [-0.15, -0.1) is 0 Å². The van der Waals surface area contributed by atoms with Gasteiger partial charge in [-0.1, -0.05) is 22.9 Å². The van der Waals surface area contributed by atoms with Gasteiger partial charge < -0.3 is 4.98 Å². The van der Waals surface area contributed by atoms with Gasteiger partial charge in [0.2, 0.25) is 0 Å². The topological polar surface area (TPSA) is 83.5 Å². The zero-order chi connectivity index (χ0) is 11.7. The monoisotopic (exact) mass is 286 g/mol. The second-order valence-electron chi connectivity index (χ2n) is 3.43. The fraction of sp³-hybridized carbons (Fsp3) is 0.444. The van der Waals surface area contributed by atoms with Gasteiger partial charge in [0.15, 0.2) is 5.65 Å². The van der Waals surface area contributed by atoms with Crippen LogP contribution < -0.4 is 11.2 Å². The van der Waals surface area contributed by atoms with Crippen LogP contribution in [-0.4, -0.2) is 19.5 Å². The molecule has 0 aromatic carbocycles. The van der Waals surface area contributed by atoms with Crippen LogP contribution in [-0.2, 0) is 11.9 Å². The summed E-state index contributed by atoms with van der Waals surface area (Å²) in [6.07, 6.45) is 0.803. The summed E-state index contributed by atoms with van der Waals surface area (Å²) in [6, 6.07) is 0. The van der Waals surface area contributed by atoms with Gasteiger partial charge >= 0.3 is 5.69 Å². The second-order valence-corrected chi connectivity index (χ2v) is 3.99. The number of nitrogens with zero attached hydrogens (tertiary/aromatic N) is 2. The van der Waals surface area contributed by atoms with Gasteiger partial charge in [0, 0.05) is 6.54 Å². The van der Waals surface area contributed by atoms with Gasteiger partial charge in [0.1, 0.15) is 11.3 Å². The van der Waals surface area contributed by atoms with Crippen LogP contribution in [0.15, 0.2) is 9.59 Å². The lowest BCUT2D eigenvalue weighted by molar-refractivity contribution is 0.652. The molecule has 0 aliphatic heterocycles. The normalized spacial score (nSPS) is 11.1. The molecule has 0 amide bonds. The quantitative estimate of drug-likeness (QED) is 0.816. The van der Waals surface area contributed by atoms with Crippen LogP contribution in [0.3, 0.4) is 0 Å². The SMILES string of the molecule is CCCn1c(=O)[nH]c(=O)c2[nH]c(CBr)nc21. The van der Waals surface area contributed by atoms with E-state index in [2.05, 4.69) is 30.9 Å². The molecule has 2 N–H and O–H groups in total. The van der Waals surface area contributed by atoms with Crippen molar-refractivity contribution in [1.82, 2.24) is 19.5 Å². The van der Waals surface area contributed by atoms with Crippen LogP contribution in [0, 0.1) is 0 Å². The van der Waals surface area contributed by atoms with E-state index in [4.69, 9.17) is 0 Å². The first kappa shape index (κ1) is 11.1. The molecule has 0 radical (unpaired) electrons. The highest BCUT2D eigenvalue weighted by molar-refractivity contribution is 9.08. The van der Waals surface area contributed by atoms with Gasteiger partial charge in [-0.05, 0) is 6.42 Å². The number of alkyl halides is 1. The van der Waals surface area contributed by atoms with E-state index < -0.39 is 11.2 Å². The van der Waals surface area contributed by atoms with Crippen LogP contribution in [0.2, 0.25) is 0 Å². The third-order valence-corrected chi connectivity index (χ3v) is 2.79. The maximum Gasteiger partial charge on any atom is 0.330 e. The standard InChI is InChI=1S/C9H11BrN4O2/c1-2-3-14-7-6(8(15)13-9(14)16)11-5(4-10)12-7/h2-4H2,1H3,(H,11,12)(H,13,15,16). The molecule has 0 atom stereocenters. The molecular formula is C9H11BrN4O2. The molecule has 2 aromatic rings. The number of halogens is 1. The Labute approximate surface area is 98.8 Å². The lowest BCUT2D eigenvalue weighted by Crippen LogP contribution is -2.30. The fourth-order valence-electron chi connectivity index (χ4n) is 1.58. The van der Waals surface area contributed by atoms with E-state index in [0.717, 1.165) is 6.42 Å². The van der Waals surface area contributed by atoms with E-state index in [0.29, 0.717) is 28.9 Å². The molecule has 0 fully saturated rings. The van der Waals surface area contributed by atoms with E-state index >= 15 is 0 Å². The Morgan fingerprint density at radius 2 is 2.12 bits per heavy atom. The van der Waals surface area contributed by atoms with Gasteiger partial charge in [-0.25, -0.2) is 9.78 Å². The number of nitrogens with one attached hydrogen (secondary N) is 2. The van der Waals surface area contributed by atoms with Crippen molar-refractivity contribution in [3.8, 4) is 0 Å². The minimum absolute atomic E-state index is 0.350. The maximum atomic E-state index is 11.6. The lowest BCUT2D eigenvalue weighted by Gasteiger charge is -2.02. The van der Waals surface area contributed by atoms with E-state index in [9.17, 15) is 9.59 Å². The number of aromatic nitrogens is 4. The Balaban J connectivity index is 2.82. The lowest BCUT2D eigenvalue weighted by atomic mass is 10.4. The van der Waals surface area contributed by atoms with Crippen molar-refractivity contribution in [2.45, 2.75) is 25.2 Å². The molecular weight excluding hydrogens is 276 g/mol. The van der Waals surface area contributed by atoms with Gasteiger partial charge in [-0.3, -0.25) is 14.3 Å². The van der Waals surface area contributed by atoms with Crippen LogP contribution in [0.4, 0.5) is 0 Å². The first-order valence-electron chi connectivity index (χ1n) is 4.95. The zero-order valence-corrected chi connectivity index (χ0v) is 10.3. The Morgan fingerprint density at radius 3 is 2.75 bits per heavy atom. The molecule has 2 aromatic heterocycles. The molecule has 0 bridgehead atoms. The van der Waals surface area contributed by atoms with Crippen LogP contribution in [0.1, 0.15) is 19.2 Å². The fourth-order valence-corrected chi connectivity index (χ4v) is 1.85. The van der Waals surface area contributed by atoms with Crippen LogP contribution in [0.25, 0.3) is 11.2 Å². The predicted molar refractivity (Wildman–Crippen MR) is 63.9 cm³/mol. The number of hydrogen-bond donors (Lipinski definition) is 2. The molecule has 0 unspecified atom stereocenters. The van der Waals surface area contributed by atoms with Crippen LogP contribution >= 0.6 is 15.9 Å². The first-order valence-corrected chi connectivity index (χ1v) is 6.07. The molecule has 0 saturated heterocycles. The minimum Gasteiger partial charge on any atom is -0.335 e. The van der Waals surface area contributed by atoms with E-state index in [-0.39, 0.29) is 0 Å². The summed E-state index contributed by atoms with van der Waals surface area (Å²) in [4.78, 5) is 32.5. The average molecular weight is 287 g/mol. The van der Waals surface area contributed by atoms with Crippen molar-refractivity contribution in [3.05, 3.63) is 26.7 Å². The molecule has 2 heterocycles. The summed E-state index contributed by atoms with van der Waals surface area (Å²) >= 11 is 3.25. The molecule has 86 valence electrons. The molecule has 0 aliphatic rings. The van der Waals surface area contributed by atoms with E-state index in [1.54, 1.807) is 0 Å². The van der Waals surface area contributed by atoms with E-state index in [1.807, 2.05) is 6.92 Å². The first-order chi connectivity index (χ1) is 7.67. The van der Waals surface area contributed by atoms with Crippen molar-refractivity contribution in [2.75, 3.05) is 0 Å². The number of imidazole rings is 1. The molecule has 2 rings (SSSR count). The summed E-state index contributed by atoms with van der Waals surface area (Å²) in [7, 11) is 0. The Bertz CT molecular complexity index is 624. The van der Waals surface area contributed by atoms with Gasteiger partial charge in [0.25, 0.3) is 5.56 Å². The number of aromatic amines is 2. The number of fused-ring (bicyclic) bond motifs is 1. The van der Waals surface area contributed by atoms with Gasteiger partial charge in [0.05, 0.1) is 5.33 Å². The third-order valence-electron chi connectivity index (χ3n) is 2.26. The molecule has 16 heavy (non-hydrogen) atoms. The summed E-state index contributed by atoms with van der Waals surface area (Å²) in [5, 5.41) is 0.515. The summed E-state index contributed by atoms with van der Waals surface area (Å²) in [5.74, 6) is 0.635. The number of rotatable bonds is 3. The largest absolute Gasteiger partial charge is 0.335 e. The molecule has 7 heteroatoms. The van der Waals surface area contributed by atoms with Crippen molar-refractivity contribution >= 4 is 27.1 Å². The highest BCUT2D eigenvalue weighted by Gasteiger charge is 2.11. The van der Waals surface area contributed by atoms with Gasteiger partial charge in [-0.2, -0.15) is 0 Å². The van der Waals surface area contributed by atoms with Crippen molar-refractivity contribution in [3.63, 3.8) is 0 Å². The number of H-pyrrole nitrogens is 2. The minimum atomic E-state index is -0.424. The molecule has 0 saturated carbocycles. The average Bonchev–Trinajstić information content (AvgIpc) is 2.68. The zero-order valence-electron chi connectivity index (χ0n) is 8.71. The summed E-state index contributed by atoms with van der Waals surface area (Å²) in [5.41, 5.74) is -0.0634. The Hall–Kier alpha value is -1.37. The van der Waals surface area contributed by atoms with Crippen molar-refractivity contribution in [1.29, 1.82) is 0 Å². The van der Waals surface area contributed by atoms with Crippen molar-refractivity contribution < 1.29 is 0 Å². The van der Waals surface area contributed by atoms with E-state index in [1.165, 1.54) is 4.57 Å². The second kappa shape index (κ2) is 4.25. The molecule has 0 spiro atoms. The smallest absolute Gasteiger partial charge is 0.330 e. The molecule has 6 nitrogen and oxygen atoms in total.